The molecule has 0 aliphatic carbocycles. The minimum Gasteiger partial charge on any atom is -0.465 e. The summed E-state index contributed by atoms with van der Waals surface area (Å²) in [5.41, 5.74) is 0.640. The lowest BCUT2D eigenvalue weighted by molar-refractivity contribution is -0.114. The molecular formula is C12H15NO5S. The highest BCUT2D eigenvalue weighted by atomic mass is 32.1. The van der Waals surface area contributed by atoms with Gasteiger partial charge in [-0.2, -0.15) is 0 Å². The van der Waals surface area contributed by atoms with E-state index in [-0.39, 0.29) is 23.0 Å². The molecule has 0 saturated heterocycles. The van der Waals surface area contributed by atoms with Gasteiger partial charge in [0.15, 0.2) is 0 Å². The van der Waals surface area contributed by atoms with Crippen LogP contribution in [0.25, 0.3) is 0 Å². The summed E-state index contributed by atoms with van der Waals surface area (Å²) < 4.78 is 9.56. The van der Waals surface area contributed by atoms with Crippen LogP contribution in [0.4, 0.5) is 5.00 Å². The SMILES string of the molecule is CCOC(=O)c1c(NC(C)=O)sc(C(=O)OC)c1C. The first-order chi connectivity index (χ1) is 8.92. The lowest BCUT2D eigenvalue weighted by Gasteiger charge is -2.05. The number of thiophene rings is 1. The van der Waals surface area contributed by atoms with Crippen LogP contribution in [0.15, 0.2) is 0 Å². The van der Waals surface area contributed by atoms with Crippen LogP contribution in [0.5, 0.6) is 0 Å². The second-order valence-corrected chi connectivity index (χ2v) is 4.67. The summed E-state index contributed by atoms with van der Waals surface area (Å²) in [4.78, 5) is 34.9. The summed E-state index contributed by atoms with van der Waals surface area (Å²) in [5.74, 6) is -1.46. The van der Waals surface area contributed by atoms with Crippen molar-refractivity contribution in [3.8, 4) is 0 Å². The Labute approximate surface area is 114 Å². The quantitative estimate of drug-likeness (QED) is 0.855. The van der Waals surface area contributed by atoms with E-state index in [4.69, 9.17) is 4.74 Å². The molecule has 0 fully saturated rings. The molecule has 1 amide bonds. The van der Waals surface area contributed by atoms with Crippen molar-refractivity contribution in [1.29, 1.82) is 0 Å². The van der Waals surface area contributed by atoms with Gasteiger partial charge in [-0.1, -0.05) is 0 Å². The van der Waals surface area contributed by atoms with Gasteiger partial charge in [0.1, 0.15) is 9.88 Å². The van der Waals surface area contributed by atoms with Crippen LogP contribution in [0, 0.1) is 6.92 Å². The Hall–Kier alpha value is -1.89. The standard InChI is InChI=1S/C12H15NO5S/c1-5-18-11(15)8-6(2)9(12(16)17-4)19-10(8)13-7(3)14/h5H2,1-4H3,(H,13,14). The fourth-order valence-electron chi connectivity index (χ4n) is 1.50. The molecule has 7 heteroatoms. The molecule has 0 aliphatic heterocycles. The lowest BCUT2D eigenvalue weighted by atomic mass is 10.1. The van der Waals surface area contributed by atoms with Gasteiger partial charge >= 0.3 is 11.9 Å². The zero-order valence-electron chi connectivity index (χ0n) is 11.2. The van der Waals surface area contributed by atoms with Gasteiger partial charge in [0.25, 0.3) is 0 Å². The smallest absolute Gasteiger partial charge is 0.348 e. The van der Waals surface area contributed by atoms with E-state index in [0.717, 1.165) is 11.3 Å². The van der Waals surface area contributed by atoms with E-state index in [9.17, 15) is 14.4 Å². The highest BCUT2D eigenvalue weighted by Gasteiger charge is 2.26. The monoisotopic (exact) mass is 285 g/mol. The van der Waals surface area contributed by atoms with Crippen LogP contribution in [-0.4, -0.2) is 31.6 Å². The van der Waals surface area contributed by atoms with E-state index in [1.54, 1.807) is 13.8 Å². The summed E-state index contributed by atoms with van der Waals surface area (Å²) in [6.45, 7) is 4.82. The first-order valence-electron chi connectivity index (χ1n) is 5.58. The van der Waals surface area contributed by atoms with Crippen LogP contribution in [-0.2, 0) is 14.3 Å². The maximum absolute atomic E-state index is 11.9. The number of methoxy groups -OCH3 is 1. The summed E-state index contributed by atoms with van der Waals surface area (Å²) in [5, 5.41) is 2.82. The lowest BCUT2D eigenvalue weighted by Crippen LogP contribution is -2.12. The van der Waals surface area contributed by atoms with Crippen molar-refractivity contribution in [2.75, 3.05) is 19.0 Å². The topological polar surface area (TPSA) is 81.7 Å². The van der Waals surface area contributed by atoms with Gasteiger partial charge in [0, 0.05) is 6.92 Å². The number of amides is 1. The van der Waals surface area contributed by atoms with Crippen molar-refractivity contribution in [2.24, 2.45) is 0 Å². The third-order valence-electron chi connectivity index (χ3n) is 2.29. The molecule has 0 radical (unpaired) electrons. The number of hydrogen-bond acceptors (Lipinski definition) is 6. The zero-order chi connectivity index (χ0) is 14.6. The van der Waals surface area contributed by atoms with Gasteiger partial charge in [-0.25, -0.2) is 9.59 Å². The molecule has 1 rings (SSSR count). The van der Waals surface area contributed by atoms with Crippen LogP contribution in [0.3, 0.4) is 0 Å². The summed E-state index contributed by atoms with van der Waals surface area (Å²) in [6.07, 6.45) is 0. The highest BCUT2D eigenvalue weighted by Crippen LogP contribution is 2.34. The number of carbonyl (C=O) groups excluding carboxylic acids is 3. The minimum absolute atomic E-state index is 0.197. The van der Waals surface area contributed by atoms with Crippen LogP contribution < -0.4 is 5.32 Å². The molecule has 1 heterocycles. The fourth-order valence-corrected chi connectivity index (χ4v) is 2.66. The highest BCUT2D eigenvalue weighted by molar-refractivity contribution is 7.18. The van der Waals surface area contributed by atoms with E-state index >= 15 is 0 Å². The first-order valence-corrected chi connectivity index (χ1v) is 6.40. The van der Waals surface area contributed by atoms with Crippen molar-refractivity contribution in [2.45, 2.75) is 20.8 Å². The Morgan fingerprint density at radius 1 is 1.26 bits per heavy atom. The largest absolute Gasteiger partial charge is 0.465 e. The number of anilines is 1. The van der Waals surface area contributed by atoms with Gasteiger partial charge in [-0.3, -0.25) is 4.79 Å². The second-order valence-electron chi connectivity index (χ2n) is 3.65. The predicted molar refractivity (Wildman–Crippen MR) is 70.7 cm³/mol. The molecule has 0 unspecified atom stereocenters. The number of esters is 2. The Kier molecular flexibility index (Phi) is 5.05. The van der Waals surface area contributed by atoms with Crippen LogP contribution in [0.1, 0.15) is 39.4 Å². The van der Waals surface area contributed by atoms with Crippen molar-refractivity contribution in [1.82, 2.24) is 0 Å². The summed E-state index contributed by atoms with van der Waals surface area (Å²) in [6, 6.07) is 0. The molecule has 1 aromatic rings. The molecular weight excluding hydrogens is 270 g/mol. The van der Waals surface area contributed by atoms with Gasteiger partial charge in [0.05, 0.1) is 19.3 Å². The van der Waals surface area contributed by atoms with E-state index in [2.05, 4.69) is 10.1 Å². The molecule has 0 bridgehead atoms. The van der Waals surface area contributed by atoms with Crippen LogP contribution in [0.2, 0.25) is 0 Å². The third-order valence-corrected chi connectivity index (χ3v) is 3.47. The molecule has 0 aromatic carbocycles. The molecule has 6 nitrogen and oxygen atoms in total. The van der Waals surface area contributed by atoms with E-state index in [0.29, 0.717) is 10.6 Å². The van der Waals surface area contributed by atoms with Crippen molar-refractivity contribution in [3.63, 3.8) is 0 Å². The maximum atomic E-state index is 11.9. The molecule has 1 N–H and O–H groups in total. The van der Waals surface area contributed by atoms with E-state index in [1.807, 2.05) is 0 Å². The molecule has 19 heavy (non-hydrogen) atoms. The number of ether oxygens (including phenoxy) is 2. The molecule has 0 atom stereocenters. The maximum Gasteiger partial charge on any atom is 0.348 e. The molecule has 0 aliphatic rings. The fraction of sp³-hybridized carbons (Fsp3) is 0.417. The predicted octanol–water partition coefficient (Wildman–Crippen LogP) is 1.98. The van der Waals surface area contributed by atoms with Crippen molar-refractivity contribution in [3.05, 3.63) is 16.0 Å². The number of rotatable bonds is 4. The van der Waals surface area contributed by atoms with E-state index in [1.165, 1.54) is 14.0 Å². The molecule has 0 spiro atoms. The average Bonchev–Trinajstić information content (AvgIpc) is 2.64. The molecule has 0 saturated carbocycles. The number of hydrogen-bond donors (Lipinski definition) is 1. The van der Waals surface area contributed by atoms with Crippen LogP contribution >= 0.6 is 11.3 Å². The number of nitrogens with one attached hydrogen (secondary N) is 1. The van der Waals surface area contributed by atoms with Gasteiger partial charge in [0.2, 0.25) is 5.91 Å². The van der Waals surface area contributed by atoms with Gasteiger partial charge < -0.3 is 14.8 Å². The normalized spacial score (nSPS) is 9.89. The number of carbonyl (C=O) groups is 3. The Bertz CT molecular complexity index is 520. The Morgan fingerprint density at radius 2 is 1.89 bits per heavy atom. The van der Waals surface area contributed by atoms with E-state index < -0.39 is 11.9 Å². The zero-order valence-corrected chi connectivity index (χ0v) is 12.0. The Balaban J connectivity index is 3.31. The average molecular weight is 285 g/mol. The molecule has 1 aromatic heterocycles. The molecule has 104 valence electrons. The van der Waals surface area contributed by atoms with Gasteiger partial charge in [-0.15, -0.1) is 11.3 Å². The summed E-state index contributed by atoms with van der Waals surface area (Å²) >= 11 is 0.994. The van der Waals surface area contributed by atoms with Crippen molar-refractivity contribution >= 4 is 34.2 Å². The second kappa shape index (κ2) is 6.33. The van der Waals surface area contributed by atoms with Gasteiger partial charge in [-0.05, 0) is 19.4 Å². The Morgan fingerprint density at radius 3 is 2.37 bits per heavy atom. The first kappa shape index (κ1) is 15.2. The minimum atomic E-state index is -0.574. The summed E-state index contributed by atoms with van der Waals surface area (Å²) in [7, 11) is 1.25. The van der Waals surface area contributed by atoms with Crippen molar-refractivity contribution < 1.29 is 23.9 Å². The third kappa shape index (κ3) is 3.31.